The van der Waals surface area contributed by atoms with Crippen molar-refractivity contribution in [2.24, 2.45) is 0 Å². The summed E-state index contributed by atoms with van der Waals surface area (Å²) in [5.74, 6) is 0. The van der Waals surface area contributed by atoms with E-state index in [1.54, 1.807) is 8.52 Å². The SMILES string of the molecule is c1cc2ccc3cccc4[se][se]c(c1)c2c34. The molecular weight excluding hydrogens is 326 g/mol. The van der Waals surface area contributed by atoms with E-state index < -0.39 is 0 Å². The standard InChI is InChI=1S/C14H8Se2/c1-3-9-7-8-10-4-2-6-12-14(10)13(9)11(5-1)15-16-12/h1-8H. The average Bonchev–Trinajstić information content (AvgIpc) is 2.36. The molecule has 0 saturated heterocycles. The van der Waals surface area contributed by atoms with E-state index in [0.29, 0.717) is 25.3 Å². The zero-order valence-electron chi connectivity index (χ0n) is 8.44. The van der Waals surface area contributed by atoms with Gasteiger partial charge in [-0.2, -0.15) is 0 Å². The van der Waals surface area contributed by atoms with Crippen molar-refractivity contribution in [2.45, 2.75) is 0 Å². The summed E-state index contributed by atoms with van der Waals surface area (Å²) < 4.78 is 3.21. The molecule has 76 valence electrons. The van der Waals surface area contributed by atoms with Crippen molar-refractivity contribution in [3.05, 3.63) is 48.5 Å². The molecule has 3 aromatic carbocycles. The van der Waals surface area contributed by atoms with E-state index >= 15 is 0 Å². The van der Waals surface area contributed by atoms with Crippen molar-refractivity contribution in [3.63, 3.8) is 0 Å². The molecule has 0 amide bonds. The topological polar surface area (TPSA) is 0 Å². The zero-order valence-corrected chi connectivity index (χ0v) is 11.9. The molecule has 0 spiro atoms. The fraction of sp³-hybridized carbons (Fsp3) is 0. The van der Waals surface area contributed by atoms with E-state index in [4.69, 9.17) is 0 Å². The van der Waals surface area contributed by atoms with Gasteiger partial charge in [-0.1, -0.05) is 0 Å². The van der Waals surface area contributed by atoms with E-state index in [0.717, 1.165) is 0 Å². The predicted octanol–water partition coefficient (Wildman–Crippen LogP) is 3.26. The molecule has 1 heterocycles. The van der Waals surface area contributed by atoms with Crippen LogP contribution in [-0.4, -0.2) is 25.3 Å². The van der Waals surface area contributed by atoms with E-state index in [9.17, 15) is 0 Å². The van der Waals surface area contributed by atoms with Gasteiger partial charge >= 0.3 is 104 Å². The van der Waals surface area contributed by atoms with Gasteiger partial charge in [0.2, 0.25) is 0 Å². The minimum absolute atomic E-state index is 0.676. The van der Waals surface area contributed by atoms with Crippen LogP contribution < -0.4 is 0 Å². The second-order valence-electron chi connectivity index (χ2n) is 3.94. The van der Waals surface area contributed by atoms with Crippen molar-refractivity contribution in [1.29, 1.82) is 0 Å². The van der Waals surface area contributed by atoms with Crippen LogP contribution in [0.4, 0.5) is 0 Å². The first kappa shape index (κ1) is 9.27. The summed E-state index contributed by atoms with van der Waals surface area (Å²) in [5.41, 5.74) is 0. The fourth-order valence-corrected chi connectivity index (χ4v) is 9.52. The molecule has 4 aromatic rings. The van der Waals surface area contributed by atoms with Crippen LogP contribution in [0, 0.1) is 0 Å². The van der Waals surface area contributed by atoms with Gasteiger partial charge in [-0.05, 0) is 0 Å². The van der Waals surface area contributed by atoms with Crippen LogP contribution in [0.5, 0.6) is 0 Å². The summed E-state index contributed by atoms with van der Waals surface area (Å²) in [4.78, 5) is 0. The Morgan fingerprint density at radius 1 is 0.562 bits per heavy atom. The molecule has 16 heavy (non-hydrogen) atoms. The molecule has 4 rings (SSSR count). The third-order valence-corrected chi connectivity index (χ3v) is 10.2. The Labute approximate surface area is 104 Å². The Kier molecular flexibility index (Phi) is 1.94. The second-order valence-corrected chi connectivity index (χ2v) is 10.1. The molecule has 0 bridgehead atoms. The normalized spacial score (nSPS) is 11.8. The van der Waals surface area contributed by atoms with Crippen LogP contribution in [0.25, 0.3) is 30.1 Å². The third-order valence-electron chi connectivity index (χ3n) is 3.03. The first-order valence-corrected chi connectivity index (χ1v) is 11.3. The molecule has 1 aromatic heterocycles. The molecule has 0 saturated carbocycles. The van der Waals surface area contributed by atoms with E-state index in [-0.39, 0.29) is 0 Å². The summed E-state index contributed by atoms with van der Waals surface area (Å²) in [6, 6.07) is 18.1. The molecule has 0 aliphatic heterocycles. The van der Waals surface area contributed by atoms with Gasteiger partial charge in [0.05, 0.1) is 0 Å². The van der Waals surface area contributed by atoms with Crippen LogP contribution in [-0.2, 0) is 0 Å². The Hall–Kier alpha value is -0.781. The number of hydrogen-bond acceptors (Lipinski definition) is 0. The third kappa shape index (κ3) is 1.16. The van der Waals surface area contributed by atoms with Gasteiger partial charge in [-0.25, -0.2) is 0 Å². The van der Waals surface area contributed by atoms with E-state index in [1.807, 2.05) is 0 Å². The summed E-state index contributed by atoms with van der Waals surface area (Å²) in [5, 5.41) is 5.89. The molecule has 2 heteroatoms. The van der Waals surface area contributed by atoms with Crippen LogP contribution >= 0.6 is 0 Å². The van der Waals surface area contributed by atoms with Crippen molar-refractivity contribution in [2.75, 3.05) is 0 Å². The maximum absolute atomic E-state index is 2.32. The van der Waals surface area contributed by atoms with E-state index in [1.165, 1.54) is 21.5 Å². The predicted molar refractivity (Wildman–Crippen MR) is 72.8 cm³/mol. The number of rotatable bonds is 0. The summed E-state index contributed by atoms with van der Waals surface area (Å²) in [6.45, 7) is 0. The van der Waals surface area contributed by atoms with E-state index in [2.05, 4.69) is 48.5 Å². The first-order chi connectivity index (χ1) is 7.93. The quantitative estimate of drug-likeness (QED) is 0.342. The van der Waals surface area contributed by atoms with Crippen molar-refractivity contribution < 1.29 is 0 Å². The summed E-state index contributed by atoms with van der Waals surface area (Å²) in [6.07, 6.45) is 0. The van der Waals surface area contributed by atoms with Gasteiger partial charge in [0.25, 0.3) is 0 Å². The molecule has 0 radical (unpaired) electrons. The van der Waals surface area contributed by atoms with Crippen LogP contribution in [0.2, 0.25) is 0 Å². The van der Waals surface area contributed by atoms with Crippen molar-refractivity contribution >= 4 is 55.3 Å². The van der Waals surface area contributed by atoms with Crippen LogP contribution in [0.3, 0.4) is 0 Å². The Morgan fingerprint density at radius 2 is 1.06 bits per heavy atom. The van der Waals surface area contributed by atoms with Gasteiger partial charge in [0.15, 0.2) is 0 Å². The maximum atomic E-state index is 2.32. The van der Waals surface area contributed by atoms with Gasteiger partial charge in [-0.15, -0.1) is 0 Å². The monoisotopic (exact) mass is 336 g/mol. The minimum atomic E-state index is 0.676. The molecule has 0 aliphatic rings. The van der Waals surface area contributed by atoms with Crippen molar-refractivity contribution in [3.8, 4) is 0 Å². The Morgan fingerprint density at radius 3 is 1.56 bits per heavy atom. The fourth-order valence-electron chi connectivity index (χ4n) is 2.32. The summed E-state index contributed by atoms with van der Waals surface area (Å²) >= 11 is 1.35. The average molecular weight is 334 g/mol. The van der Waals surface area contributed by atoms with Gasteiger partial charge in [0.1, 0.15) is 0 Å². The van der Waals surface area contributed by atoms with Crippen LogP contribution in [0.15, 0.2) is 48.5 Å². The summed E-state index contributed by atoms with van der Waals surface area (Å²) in [7, 11) is 0. The number of hydrogen-bond donors (Lipinski definition) is 0. The molecule has 0 atom stereocenters. The Balaban J connectivity index is 2.51. The molecule has 0 N–H and O–H groups in total. The van der Waals surface area contributed by atoms with Crippen molar-refractivity contribution in [1.82, 2.24) is 0 Å². The molecule has 0 fully saturated rings. The Bertz CT molecular complexity index is 675. The second kappa shape index (κ2) is 3.35. The molecule has 0 nitrogen and oxygen atoms in total. The molecule has 0 aliphatic carbocycles. The van der Waals surface area contributed by atoms with Gasteiger partial charge in [-0.3, -0.25) is 0 Å². The van der Waals surface area contributed by atoms with Crippen LogP contribution in [0.1, 0.15) is 0 Å². The zero-order chi connectivity index (χ0) is 10.5. The first-order valence-electron chi connectivity index (χ1n) is 5.22. The molecule has 0 unspecified atom stereocenters. The van der Waals surface area contributed by atoms with Gasteiger partial charge < -0.3 is 0 Å². The molecular formula is C14H8Se2. The van der Waals surface area contributed by atoms with Gasteiger partial charge in [0, 0.05) is 0 Å². The number of benzene rings is 3.